The van der Waals surface area contributed by atoms with Crippen LogP contribution in [0.25, 0.3) is 0 Å². The summed E-state index contributed by atoms with van der Waals surface area (Å²) in [6, 6.07) is 2.50. The Morgan fingerprint density at radius 3 is 2.59 bits per heavy atom. The minimum atomic E-state index is -0.726. The zero-order valence-electron chi connectivity index (χ0n) is 10.7. The van der Waals surface area contributed by atoms with Crippen LogP contribution in [0.2, 0.25) is 0 Å². The summed E-state index contributed by atoms with van der Waals surface area (Å²) in [6.45, 7) is 2.06. The van der Waals surface area contributed by atoms with Gasteiger partial charge in [-0.1, -0.05) is 32.1 Å². The molecule has 2 fully saturated rings. The van der Waals surface area contributed by atoms with Crippen LogP contribution in [0.15, 0.2) is 0 Å². The second-order valence-electron chi connectivity index (χ2n) is 5.81. The molecule has 2 aliphatic rings. The Morgan fingerprint density at radius 1 is 1.41 bits per heavy atom. The SMILES string of the molecule is CC(CC1CC1)NC(=O)C1(C#N)CCCCC1. The van der Waals surface area contributed by atoms with Crippen LogP contribution in [0.4, 0.5) is 0 Å². The van der Waals surface area contributed by atoms with Crippen molar-refractivity contribution >= 4 is 5.91 Å². The van der Waals surface area contributed by atoms with E-state index < -0.39 is 5.41 Å². The van der Waals surface area contributed by atoms with Gasteiger partial charge >= 0.3 is 0 Å². The number of nitriles is 1. The van der Waals surface area contributed by atoms with Crippen molar-refractivity contribution in [2.75, 3.05) is 0 Å². The van der Waals surface area contributed by atoms with Crippen LogP contribution in [-0.2, 0) is 4.79 Å². The summed E-state index contributed by atoms with van der Waals surface area (Å²) in [5.41, 5.74) is -0.726. The number of hydrogen-bond donors (Lipinski definition) is 1. The topological polar surface area (TPSA) is 52.9 Å². The van der Waals surface area contributed by atoms with E-state index in [-0.39, 0.29) is 11.9 Å². The van der Waals surface area contributed by atoms with E-state index in [2.05, 4.69) is 18.3 Å². The summed E-state index contributed by atoms with van der Waals surface area (Å²) in [4.78, 5) is 12.2. The van der Waals surface area contributed by atoms with Crippen molar-refractivity contribution in [3.05, 3.63) is 0 Å². The van der Waals surface area contributed by atoms with Crippen LogP contribution in [0.3, 0.4) is 0 Å². The van der Waals surface area contributed by atoms with Crippen LogP contribution in [0, 0.1) is 22.7 Å². The fourth-order valence-electron chi connectivity index (χ4n) is 2.82. The molecule has 1 amide bonds. The Morgan fingerprint density at radius 2 is 2.06 bits per heavy atom. The summed E-state index contributed by atoms with van der Waals surface area (Å²) in [6.07, 6.45) is 8.36. The van der Waals surface area contributed by atoms with E-state index in [9.17, 15) is 10.1 Å². The van der Waals surface area contributed by atoms with Crippen LogP contribution >= 0.6 is 0 Å². The molecule has 2 aliphatic carbocycles. The molecule has 0 aliphatic heterocycles. The van der Waals surface area contributed by atoms with Gasteiger partial charge in [0.05, 0.1) is 6.07 Å². The highest BCUT2D eigenvalue weighted by atomic mass is 16.2. The lowest BCUT2D eigenvalue weighted by Crippen LogP contribution is -2.45. The third-order valence-electron chi connectivity index (χ3n) is 4.12. The number of hydrogen-bond acceptors (Lipinski definition) is 2. The summed E-state index contributed by atoms with van der Waals surface area (Å²) in [5, 5.41) is 12.4. The number of carbonyl (C=O) groups excluding carboxylic acids is 1. The van der Waals surface area contributed by atoms with Crippen molar-refractivity contribution in [3.8, 4) is 6.07 Å². The molecule has 17 heavy (non-hydrogen) atoms. The summed E-state index contributed by atoms with van der Waals surface area (Å²) in [5.74, 6) is 0.794. The Bertz CT molecular complexity index is 322. The molecule has 0 aromatic heterocycles. The standard InChI is InChI=1S/C14H22N2O/c1-11(9-12-5-6-12)16-13(17)14(10-15)7-3-2-4-8-14/h11-12H,2-9H2,1H3,(H,16,17). The summed E-state index contributed by atoms with van der Waals surface area (Å²) >= 11 is 0. The van der Waals surface area contributed by atoms with Gasteiger partial charge in [0.25, 0.3) is 0 Å². The molecule has 2 rings (SSSR count). The van der Waals surface area contributed by atoms with Crippen molar-refractivity contribution in [1.29, 1.82) is 5.26 Å². The van der Waals surface area contributed by atoms with Crippen LogP contribution in [-0.4, -0.2) is 11.9 Å². The van der Waals surface area contributed by atoms with Crippen LogP contribution in [0.1, 0.15) is 58.3 Å². The maximum Gasteiger partial charge on any atom is 0.240 e. The minimum absolute atomic E-state index is 0.0205. The Labute approximate surface area is 104 Å². The van der Waals surface area contributed by atoms with Gasteiger partial charge in [0, 0.05) is 6.04 Å². The van der Waals surface area contributed by atoms with Gasteiger partial charge in [-0.05, 0) is 32.1 Å². The molecule has 3 nitrogen and oxygen atoms in total. The third kappa shape index (κ3) is 3.00. The largest absolute Gasteiger partial charge is 0.352 e. The number of rotatable bonds is 4. The monoisotopic (exact) mass is 234 g/mol. The summed E-state index contributed by atoms with van der Waals surface area (Å²) < 4.78 is 0. The van der Waals surface area contributed by atoms with Crippen molar-refractivity contribution in [3.63, 3.8) is 0 Å². The molecule has 0 radical (unpaired) electrons. The van der Waals surface area contributed by atoms with Gasteiger partial charge in [-0.25, -0.2) is 0 Å². The lowest BCUT2D eigenvalue weighted by atomic mass is 9.74. The predicted molar refractivity (Wildman–Crippen MR) is 66.1 cm³/mol. The van der Waals surface area contributed by atoms with E-state index in [1.165, 1.54) is 12.8 Å². The van der Waals surface area contributed by atoms with E-state index in [1.54, 1.807) is 0 Å². The van der Waals surface area contributed by atoms with Gasteiger partial charge < -0.3 is 5.32 Å². The third-order valence-corrected chi connectivity index (χ3v) is 4.12. The highest BCUT2D eigenvalue weighted by Crippen LogP contribution is 2.37. The normalized spacial score (nSPS) is 24.7. The van der Waals surface area contributed by atoms with Gasteiger partial charge in [-0.2, -0.15) is 5.26 Å². The zero-order valence-corrected chi connectivity index (χ0v) is 10.7. The van der Waals surface area contributed by atoms with Gasteiger partial charge in [0.1, 0.15) is 5.41 Å². The molecule has 0 saturated heterocycles. The van der Waals surface area contributed by atoms with Gasteiger partial charge in [0.2, 0.25) is 5.91 Å². The molecule has 2 saturated carbocycles. The average molecular weight is 234 g/mol. The Balaban J connectivity index is 1.89. The van der Waals surface area contributed by atoms with Gasteiger partial charge in [-0.3, -0.25) is 4.79 Å². The first kappa shape index (κ1) is 12.4. The second kappa shape index (κ2) is 5.08. The zero-order chi connectivity index (χ0) is 12.3. The maximum atomic E-state index is 12.2. The molecular formula is C14H22N2O. The Hall–Kier alpha value is -1.04. The van der Waals surface area contributed by atoms with Crippen LogP contribution < -0.4 is 5.32 Å². The molecular weight excluding hydrogens is 212 g/mol. The van der Waals surface area contributed by atoms with Crippen molar-refractivity contribution in [2.24, 2.45) is 11.3 Å². The molecule has 0 spiro atoms. The molecule has 1 unspecified atom stereocenters. The highest BCUT2D eigenvalue weighted by molar-refractivity contribution is 5.85. The van der Waals surface area contributed by atoms with Gasteiger partial charge in [-0.15, -0.1) is 0 Å². The average Bonchev–Trinajstić information content (AvgIpc) is 3.13. The molecule has 0 bridgehead atoms. The van der Waals surface area contributed by atoms with Crippen molar-refractivity contribution in [1.82, 2.24) is 5.32 Å². The van der Waals surface area contributed by atoms with E-state index in [1.807, 2.05) is 0 Å². The van der Waals surface area contributed by atoms with E-state index in [0.717, 1.165) is 44.4 Å². The predicted octanol–water partition coefficient (Wildman–Crippen LogP) is 2.77. The molecule has 0 heterocycles. The lowest BCUT2D eigenvalue weighted by Gasteiger charge is -2.30. The fourth-order valence-corrected chi connectivity index (χ4v) is 2.82. The molecule has 94 valence electrons. The van der Waals surface area contributed by atoms with E-state index >= 15 is 0 Å². The number of carbonyl (C=O) groups is 1. The lowest BCUT2D eigenvalue weighted by molar-refractivity contribution is -0.130. The molecule has 0 aromatic rings. The van der Waals surface area contributed by atoms with Gasteiger partial charge in [0.15, 0.2) is 0 Å². The number of nitrogens with zero attached hydrogens (tertiary/aromatic N) is 1. The molecule has 1 N–H and O–H groups in total. The summed E-state index contributed by atoms with van der Waals surface area (Å²) in [7, 11) is 0. The van der Waals surface area contributed by atoms with Crippen molar-refractivity contribution < 1.29 is 4.79 Å². The number of nitrogens with one attached hydrogen (secondary N) is 1. The first-order valence-electron chi connectivity index (χ1n) is 6.88. The molecule has 3 heteroatoms. The van der Waals surface area contributed by atoms with E-state index in [4.69, 9.17) is 0 Å². The first-order valence-corrected chi connectivity index (χ1v) is 6.88. The fraction of sp³-hybridized carbons (Fsp3) is 0.857. The smallest absolute Gasteiger partial charge is 0.240 e. The van der Waals surface area contributed by atoms with Crippen molar-refractivity contribution in [2.45, 2.75) is 64.3 Å². The highest BCUT2D eigenvalue weighted by Gasteiger charge is 2.40. The van der Waals surface area contributed by atoms with Crippen LogP contribution in [0.5, 0.6) is 0 Å². The molecule has 1 atom stereocenters. The number of amides is 1. The minimum Gasteiger partial charge on any atom is -0.352 e. The second-order valence-corrected chi connectivity index (χ2v) is 5.81. The van der Waals surface area contributed by atoms with E-state index in [0.29, 0.717) is 0 Å². The quantitative estimate of drug-likeness (QED) is 0.813. The maximum absolute atomic E-state index is 12.2. The Kier molecular flexibility index (Phi) is 3.71. The molecule has 0 aromatic carbocycles. The first-order chi connectivity index (χ1) is 8.16.